The lowest BCUT2D eigenvalue weighted by Gasteiger charge is -2.39. The Morgan fingerprint density at radius 1 is 1.11 bits per heavy atom. The number of hydrogen-bond acceptors (Lipinski definition) is 5. The maximum atomic E-state index is 15.2. The number of likely N-dealkylation sites (tertiary alicyclic amines) is 1. The first kappa shape index (κ1) is 23.7. The Bertz CT molecular complexity index is 1460. The minimum atomic E-state index is -1.04. The van der Waals surface area contributed by atoms with Crippen molar-refractivity contribution in [2.45, 2.75) is 18.9 Å². The molecule has 1 saturated heterocycles. The molecule has 0 saturated carbocycles. The normalized spacial score (nSPS) is 14.2. The molecule has 0 bridgehead atoms. The minimum absolute atomic E-state index is 0.0151. The molecule has 2 aromatic carbocycles. The topological polar surface area (TPSA) is 89.8 Å². The van der Waals surface area contributed by atoms with Crippen molar-refractivity contribution in [2.75, 3.05) is 18.0 Å². The van der Waals surface area contributed by atoms with Gasteiger partial charge in [-0.25, -0.2) is 18.6 Å². The minimum Gasteiger partial charge on any atom is -0.504 e. The molecule has 2 aromatic heterocycles. The number of halogens is 3. The van der Waals surface area contributed by atoms with Gasteiger partial charge in [0.1, 0.15) is 11.6 Å². The molecule has 36 heavy (non-hydrogen) atoms. The maximum Gasteiger partial charge on any atom is 0.407 e. The van der Waals surface area contributed by atoms with Crippen molar-refractivity contribution >= 4 is 40.1 Å². The molecule has 1 aliphatic rings. The van der Waals surface area contributed by atoms with E-state index < -0.39 is 23.8 Å². The monoisotopic (exact) mass is 510 g/mol. The molecule has 184 valence electrons. The van der Waals surface area contributed by atoms with Crippen LogP contribution in [-0.2, 0) is 0 Å². The van der Waals surface area contributed by atoms with E-state index in [9.17, 15) is 19.4 Å². The molecule has 1 amide bonds. The van der Waals surface area contributed by atoms with Crippen molar-refractivity contribution in [1.82, 2.24) is 14.9 Å². The van der Waals surface area contributed by atoms with Crippen molar-refractivity contribution < 1.29 is 23.8 Å². The van der Waals surface area contributed by atoms with Gasteiger partial charge in [0, 0.05) is 52.9 Å². The fraction of sp³-hybridized carbons (Fsp3) is 0.192. The summed E-state index contributed by atoms with van der Waals surface area (Å²) in [7, 11) is 0. The lowest BCUT2D eigenvalue weighted by Crippen LogP contribution is -2.45. The lowest BCUT2D eigenvalue weighted by atomic mass is 9.98. The highest BCUT2D eigenvalue weighted by Crippen LogP contribution is 2.46. The highest BCUT2D eigenvalue weighted by Gasteiger charge is 2.33. The maximum absolute atomic E-state index is 15.2. The van der Waals surface area contributed by atoms with Gasteiger partial charge in [0.05, 0.1) is 17.4 Å². The molecule has 3 heterocycles. The highest BCUT2D eigenvalue weighted by atomic mass is 35.5. The summed E-state index contributed by atoms with van der Waals surface area (Å²) in [5, 5.41) is 22.0. The zero-order chi connectivity index (χ0) is 25.4. The summed E-state index contributed by atoms with van der Waals surface area (Å²) in [5.74, 6) is -1.76. The Morgan fingerprint density at radius 3 is 2.56 bits per heavy atom. The molecule has 0 unspecified atom stereocenters. The Hall–Kier alpha value is -3.98. The van der Waals surface area contributed by atoms with E-state index in [2.05, 4.69) is 9.97 Å². The first-order chi connectivity index (χ1) is 17.3. The zero-order valence-electron chi connectivity index (χ0n) is 18.9. The Kier molecular flexibility index (Phi) is 6.32. The van der Waals surface area contributed by atoms with Crippen LogP contribution in [0.2, 0.25) is 5.02 Å². The third kappa shape index (κ3) is 4.26. The number of pyridine rings is 2. The number of fused-ring (bicyclic) bond motifs is 1. The van der Waals surface area contributed by atoms with Gasteiger partial charge >= 0.3 is 6.09 Å². The van der Waals surface area contributed by atoms with Crippen molar-refractivity contribution in [1.29, 1.82) is 0 Å². The Morgan fingerprint density at radius 2 is 1.86 bits per heavy atom. The summed E-state index contributed by atoms with van der Waals surface area (Å²) in [6, 6.07) is 11.5. The summed E-state index contributed by atoms with van der Waals surface area (Å²) in [6.45, 7) is 0.430. The molecule has 2 N–H and O–H groups in total. The van der Waals surface area contributed by atoms with Crippen LogP contribution in [0.25, 0.3) is 22.0 Å². The molecule has 0 atom stereocenters. The van der Waals surface area contributed by atoms with Crippen molar-refractivity contribution in [3.8, 4) is 16.9 Å². The van der Waals surface area contributed by atoms with Crippen molar-refractivity contribution in [3.05, 3.63) is 77.6 Å². The number of nitrogens with zero attached hydrogens (tertiary/aromatic N) is 4. The molecule has 7 nitrogen and oxygen atoms in total. The van der Waals surface area contributed by atoms with Gasteiger partial charge in [0.15, 0.2) is 11.6 Å². The average Bonchev–Trinajstić information content (AvgIpc) is 2.87. The highest BCUT2D eigenvalue weighted by molar-refractivity contribution is 6.34. The van der Waals surface area contributed by atoms with E-state index in [0.717, 1.165) is 12.1 Å². The number of aromatic nitrogens is 2. The van der Waals surface area contributed by atoms with Crippen molar-refractivity contribution in [3.63, 3.8) is 0 Å². The van der Waals surface area contributed by atoms with Crippen LogP contribution in [-0.4, -0.2) is 50.3 Å². The van der Waals surface area contributed by atoms with Crippen LogP contribution in [0.3, 0.4) is 0 Å². The molecule has 4 aromatic rings. The summed E-state index contributed by atoms with van der Waals surface area (Å²) in [6.07, 6.45) is 2.76. The van der Waals surface area contributed by atoms with Gasteiger partial charge in [0.2, 0.25) is 0 Å². The predicted octanol–water partition coefficient (Wildman–Crippen LogP) is 6.21. The second-order valence-corrected chi connectivity index (χ2v) is 8.91. The molecule has 1 aliphatic heterocycles. The fourth-order valence-electron chi connectivity index (χ4n) is 4.67. The number of piperidine rings is 1. The van der Waals surface area contributed by atoms with E-state index in [-0.39, 0.29) is 30.3 Å². The van der Waals surface area contributed by atoms with Crippen LogP contribution in [0.1, 0.15) is 12.8 Å². The number of carbonyl (C=O) groups is 1. The number of benzene rings is 2. The summed E-state index contributed by atoms with van der Waals surface area (Å²) in [5.41, 5.74) is 1.41. The quantitative estimate of drug-likeness (QED) is 0.339. The van der Waals surface area contributed by atoms with E-state index in [4.69, 9.17) is 11.6 Å². The number of hydrogen-bond donors (Lipinski definition) is 2. The summed E-state index contributed by atoms with van der Waals surface area (Å²) >= 11 is 6.49. The Labute approximate surface area is 210 Å². The number of anilines is 2. The number of carboxylic acid groups (broad SMARTS) is 1. The number of aromatic hydroxyl groups is 1. The van der Waals surface area contributed by atoms with Gasteiger partial charge in [-0.2, -0.15) is 0 Å². The second kappa shape index (κ2) is 9.58. The van der Waals surface area contributed by atoms with Gasteiger partial charge in [-0.15, -0.1) is 0 Å². The standard InChI is InChI=1S/C26H21ClF2N4O3/c27-19-4-2-1-3-17(19)23-18-7-10-30-14-21(18)31-25(24(23)34)33(22-6-5-15(28)13-20(22)29)16-8-11-32(12-9-16)26(35)36/h1-7,10,13-14,16,34H,8-9,11-12H2,(H,35,36). The SMILES string of the molecule is O=C(O)N1CCC(N(c2ccc(F)cc2F)c2nc3cnccc3c(-c3ccccc3Cl)c2O)CC1. The molecule has 5 rings (SSSR count). The van der Waals surface area contributed by atoms with Crippen LogP contribution < -0.4 is 4.90 Å². The first-order valence-electron chi connectivity index (χ1n) is 11.3. The molecular weight excluding hydrogens is 490 g/mol. The van der Waals surface area contributed by atoms with E-state index in [1.165, 1.54) is 22.1 Å². The largest absolute Gasteiger partial charge is 0.504 e. The number of rotatable bonds is 4. The van der Waals surface area contributed by atoms with E-state index in [1.54, 1.807) is 36.5 Å². The number of amides is 1. The van der Waals surface area contributed by atoms with E-state index >= 15 is 4.39 Å². The van der Waals surface area contributed by atoms with E-state index in [0.29, 0.717) is 39.9 Å². The summed E-state index contributed by atoms with van der Waals surface area (Å²) in [4.78, 5) is 23.0. The van der Waals surface area contributed by atoms with Crippen molar-refractivity contribution in [2.24, 2.45) is 0 Å². The predicted molar refractivity (Wildman–Crippen MR) is 133 cm³/mol. The van der Waals surface area contributed by atoms with Gasteiger partial charge in [-0.1, -0.05) is 29.8 Å². The van der Waals surface area contributed by atoms with Crippen LogP contribution in [0.15, 0.2) is 60.9 Å². The smallest absolute Gasteiger partial charge is 0.407 e. The van der Waals surface area contributed by atoms with Crippen LogP contribution >= 0.6 is 11.6 Å². The molecule has 1 fully saturated rings. The zero-order valence-corrected chi connectivity index (χ0v) is 19.7. The molecule has 0 spiro atoms. The third-order valence-electron chi connectivity index (χ3n) is 6.39. The van der Waals surface area contributed by atoms with Gasteiger partial charge in [0.25, 0.3) is 0 Å². The van der Waals surface area contributed by atoms with E-state index in [1.807, 2.05) is 0 Å². The summed E-state index contributed by atoms with van der Waals surface area (Å²) < 4.78 is 28.9. The molecule has 0 aliphatic carbocycles. The molecular formula is C26H21ClF2N4O3. The van der Waals surface area contributed by atoms with Crippen LogP contribution in [0.4, 0.5) is 25.1 Å². The third-order valence-corrected chi connectivity index (χ3v) is 6.71. The molecule has 10 heteroatoms. The average molecular weight is 511 g/mol. The molecule has 0 radical (unpaired) electrons. The second-order valence-electron chi connectivity index (χ2n) is 8.50. The van der Waals surface area contributed by atoms with Crippen LogP contribution in [0, 0.1) is 11.6 Å². The van der Waals surface area contributed by atoms with Gasteiger partial charge in [-0.3, -0.25) is 4.98 Å². The van der Waals surface area contributed by atoms with Gasteiger partial charge < -0.3 is 20.0 Å². The fourth-order valence-corrected chi connectivity index (χ4v) is 4.90. The van der Waals surface area contributed by atoms with Crippen LogP contribution in [0.5, 0.6) is 5.75 Å². The lowest BCUT2D eigenvalue weighted by molar-refractivity contribution is 0.132. The van der Waals surface area contributed by atoms with Gasteiger partial charge in [-0.05, 0) is 37.1 Å². The Balaban J connectivity index is 1.74. The first-order valence-corrected chi connectivity index (χ1v) is 11.7.